The van der Waals surface area contributed by atoms with Gasteiger partial charge in [-0.3, -0.25) is 9.36 Å². The number of rotatable bonds is 9. The van der Waals surface area contributed by atoms with E-state index in [0.717, 1.165) is 12.7 Å². The molecule has 1 atom stereocenters. The molecule has 0 N–H and O–H groups in total. The van der Waals surface area contributed by atoms with Crippen molar-refractivity contribution in [1.82, 2.24) is 4.57 Å². The van der Waals surface area contributed by atoms with Crippen LogP contribution in [0.1, 0.15) is 44.9 Å². The topological polar surface area (TPSA) is 88.3 Å². The summed E-state index contributed by atoms with van der Waals surface area (Å²) in [6.07, 6.45) is 7.15. The van der Waals surface area contributed by atoms with E-state index < -0.39 is 12.0 Å². The molecule has 2 aromatic carbocycles. The molecule has 4 rings (SSSR count). The van der Waals surface area contributed by atoms with E-state index in [4.69, 9.17) is 25.4 Å². The van der Waals surface area contributed by atoms with Crippen LogP contribution in [-0.2, 0) is 9.53 Å². The zero-order valence-electron chi connectivity index (χ0n) is 23.1. The fourth-order valence-electron chi connectivity index (χ4n) is 4.41. The monoisotopic (exact) mass is 798 g/mol. The summed E-state index contributed by atoms with van der Waals surface area (Å²) in [4.78, 5) is 32.4. The number of allylic oxidation sites excluding steroid dienone is 1. The number of carbonyl (C=O) groups excluding carboxylic acids is 1. The summed E-state index contributed by atoms with van der Waals surface area (Å²) in [5.41, 5.74) is 1.84. The van der Waals surface area contributed by atoms with Crippen molar-refractivity contribution < 1.29 is 23.7 Å². The Morgan fingerprint density at radius 1 is 1.24 bits per heavy atom. The molecule has 0 radical (unpaired) electrons. The third kappa shape index (κ3) is 6.65. The van der Waals surface area contributed by atoms with Crippen LogP contribution in [0.5, 0.6) is 17.2 Å². The van der Waals surface area contributed by atoms with E-state index in [1.54, 1.807) is 39.2 Å². The van der Waals surface area contributed by atoms with E-state index >= 15 is 0 Å². The highest BCUT2D eigenvalue weighted by Gasteiger charge is 2.34. The van der Waals surface area contributed by atoms with Crippen LogP contribution in [0.25, 0.3) is 6.08 Å². The molecular weight excluding hydrogens is 770 g/mol. The molecule has 1 aromatic heterocycles. The Hall–Kier alpha value is -2.83. The second-order valence-corrected chi connectivity index (χ2v) is 12.6. The predicted molar refractivity (Wildman–Crippen MR) is 175 cm³/mol. The van der Waals surface area contributed by atoms with Gasteiger partial charge in [0.1, 0.15) is 12.4 Å². The van der Waals surface area contributed by atoms with Gasteiger partial charge in [0.25, 0.3) is 5.56 Å². The van der Waals surface area contributed by atoms with Crippen LogP contribution in [0.3, 0.4) is 0 Å². The molecule has 11 heteroatoms. The normalized spacial score (nSPS) is 14.8. The highest BCUT2D eigenvalue weighted by Crippen LogP contribution is 2.36. The Morgan fingerprint density at radius 3 is 2.66 bits per heavy atom. The van der Waals surface area contributed by atoms with Gasteiger partial charge in [-0.25, -0.2) is 9.79 Å². The number of fused-ring (bicyclic) bond motifs is 1. The van der Waals surface area contributed by atoms with E-state index in [0.29, 0.717) is 37.8 Å². The average molecular weight is 798 g/mol. The van der Waals surface area contributed by atoms with Gasteiger partial charge in [0.05, 0.1) is 45.2 Å². The van der Waals surface area contributed by atoms with Crippen molar-refractivity contribution >= 4 is 68.6 Å². The molecule has 8 nitrogen and oxygen atoms in total. The molecule has 1 aliphatic heterocycles. The lowest BCUT2D eigenvalue weighted by molar-refractivity contribution is -0.139. The van der Waals surface area contributed by atoms with Crippen molar-refractivity contribution in [2.75, 3.05) is 20.3 Å². The van der Waals surface area contributed by atoms with Crippen LogP contribution in [-0.4, -0.2) is 37.0 Å². The number of thiazole rings is 1. The smallest absolute Gasteiger partial charge is 0.338 e. The van der Waals surface area contributed by atoms with E-state index in [2.05, 4.69) is 56.1 Å². The van der Waals surface area contributed by atoms with Gasteiger partial charge in [0.2, 0.25) is 0 Å². The summed E-state index contributed by atoms with van der Waals surface area (Å²) < 4.78 is 26.6. The molecule has 1 aliphatic rings. The van der Waals surface area contributed by atoms with Gasteiger partial charge < -0.3 is 18.9 Å². The molecule has 214 valence electrons. The zero-order valence-corrected chi connectivity index (χ0v) is 28.2. The highest BCUT2D eigenvalue weighted by molar-refractivity contribution is 14.1. The van der Waals surface area contributed by atoms with Crippen molar-refractivity contribution in [2.45, 2.75) is 39.8 Å². The van der Waals surface area contributed by atoms with Crippen LogP contribution >= 0.6 is 56.5 Å². The zero-order chi connectivity index (χ0) is 29.8. The molecule has 0 amide bonds. The van der Waals surface area contributed by atoms with E-state index in [1.165, 1.54) is 15.9 Å². The molecule has 0 saturated carbocycles. The maximum absolute atomic E-state index is 14.1. The van der Waals surface area contributed by atoms with Gasteiger partial charge in [-0.2, -0.15) is 0 Å². The Bertz CT molecular complexity index is 1750. The maximum atomic E-state index is 14.1. The van der Waals surface area contributed by atoms with Gasteiger partial charge >= 0.3 is 5.97 Å². The van der Waals surface area contributed by atoms with E-state index in [-0.39, 0.29) is 30.5 Å². The summed E-state index contributed by atoms with van der Waals surface area (Å²) in [6, 6.07) is 8.51. The number of terminal acetylenes is 1. The standard InChI is InChI=1S/C30H28I2N2O6S/c1-7-11-39-27-19(12-20(31)15-21(27)32)14-24-28(35)34-26(18-9-10-22(40-16(3)4)23(13-18)37-6)25(29(36)38-8-2)17(5)33-30(34)41-24/h1,9-10,12-16,26H,8,11H2,2-6H3/b24-14+/t26-/m0/s1. The number of halogens is 2. The Kier molecular flexibility index (Phi) is 10.2. The number of esters is 1. The third-order valence-corrected chi connectivity index (χ3v) is 8.41. The lowest BCUT2D eigenvalue weighted by Gasteiger charge is -2.25. The number of ether oxygens (including phenoxy) is 4. The molecular formula is C30H28I2N2O6S. The number of hydrogen-bond donors (Lipinski definition) is 0. The molecule has 2 heterocycles. The van der Waals surface area contributed by atoms with Gasteiger partial charge in [-0.1, -0.05) is 23.3 Å². The first-order chi connectivity index (χ1) is 19.6. The first-order valence-electron chi connectivity index (χ1n) is 12.7. The lowest BCUT2D eigenvalue weighted by atomic mass is 9.95. The molecule has 3 aromatic rings. The minimum atomic E-state index is -0.789. The van der Waals surface area contributed by atoms with Crippen molar-refractivity contribution in [3.8, 4) is 29.6 Å². The van der Waals surface area contributed by atoms with Gasteiger partial charge in [-0.05, 0) is 109 Å². The van der Waals surface area contributed by atoms with Gasteiger partial charge in [0, 0.05) is 9.13 Å². The molecule has 0 fully saturated rings. The van der Waals surface area contributed by atoms with Crippen molar-refractivity contribution in [1.29, 1.82) is 0 Å². The van der Waals surface area contributed by atoms with Crippen molar-refractivity contribution in [2.24, 2.45) is 4.99 Å². The fourth-order valence-corrected chi connectivity index (χ4v) is 7.49. The molecule has 0 unspecified atom stereocenters. The number of carbonyl (C=O) groups is 1. The van der Waals surface area contributed by atoms with E-state index in [9.17, 15) is 9.59 Å². The summed E-state index contributed by atoms with van der Waals surface area (Å²) in [6.45, 7) is 7.61. The van der Waals surface area contributed by atoms with Crippen LogP contribution in [0.15, 0.2) is 51.4 Å². The average Bonchev–Trinajstić information content (AvgIpc) is 3.21. The summed E-state index contributed by atoms with van der Waals surface area (Å²) in [7, 11) is 1.55. The SMILES string of the molecule is C#CCOc1c(I)cc(I)cc1/C=c1/sc2n(c1=O)[C@@H](c1ccc(OC(C)C)c(OC)c1)C(C(=O)OCC)=C(C)N=2. The molecule has 0 spiro atoms. The summed E-state index contributed by atoms with van der Waals surface area (Å²) >= 11 is 5.65. The molecule has 0 saturated heterocycles. The second-order valence-electron chi connectivity index (χ2n) is 9.18. The quantitative estimate of drug-likeness (QED) is 0.176. The maximum Gasteiger partial charge on any atom is 0.338 e. The van der Waals surface area contributed by atoms with Crippen LogP contribution in [0.2, 0.25) is 0 Å². The minimum absolute atomic E-state index is 0.0664. The first kappa shape index (κ1) is 31.1. The Morgan fingerprint density at radius 2 is 2.00 bits per heavy atom. The number of hydrogen-bond acceptors (Lipinski definition) is 8. The number of methoxy groups -OCH3 is 1. The fraction of sp³-hybridized carbons (Fsp3) is 0.300. The number of aromatic nitrogens is 1. The molecule has 0 bridgehead atoms. The molecule has 41 heavy (non-hydrogen) atoms. The summed E-state index contributed by atoms with van der Waals surface area (Å²) in [5, 5.41) is 0. The summed E-state index contributed by atoms with van der Waals surface area (Å²) in [5.74, 6) is 3.60. The Balaban J connectivity index is 1.97. The largest absolute Gasteiger partial charge is 0.493 e. The Labute approximate surface area is 269 Å². The van der Waals surface area contributed by atoms with Gasteiger partial charge in [0.15, 0.2) is 16.3 Å². The van der Waals surface area contributed by atoms with E-state index in [1.807, 2.05) is 32.0 Å². The second kappa shape index (κ2) is 13.4. The van der Waals surface area contributed by atoms with Gasteiger partial charge in [-0.15, -0.1) is 6.42 Å². The van der Waals surface area contributed by atoms with Crippen LogP contribution in [0.4, 0.5) is 0 Å². The van der Waals surface area contributed by atoms with Crippen LogP contribution in [0, 0.1) is 19.5 Å². The van der Waals surface area contributed by atoms with Crippen LogP contribution < -0.4 is 29.1 Å². The number of nitrogens with zero attached hydrogens (tertiary/aromatic N) is 2. The first-order valence-corrected chi connectivity index (χ1v) is 15.7. The minimum Gasteiger partial charge on any atom is -0.493 e. The third-order valence-electron chi connectivity index (χ3n) is 6.01. The lowest BCUT2D eigenvalue weighted by Crippen LogP contribution is -2.40. The number of benzene rings is 2. The van der Waals surface area contributed by atoms with Crippen molar-refractivity contribution in [3.05, 3.63) is 79.6 Å². The highest BCUT2D eigenvalue weighted by atomic mass is 127. The van der Waals surface area contributed by atoms with Crippen molar-refractivity contribution in [3.63, 3.8) is 0 Å². The molecule has 0 aliphatic carbocycles. The predicted octanol–water partition coefficient (Wildman–Crippen LogP) is 4.82.